The van der Waals surface area contributed by atoms with E-state index in [0.29, 0.717) is 6.54 Å². The van der Waals surface area contributed by atoms with Crippen molar-refractivity contribution in [2.45, 2.75) is 6.04 Å². The summed E-state index contributed by atoms with van der Waals surface area (Å²) in [4.78, 5) is 12.5. The van der Waals surface area contributed by atoms with Crippen LogP contribution in [0, 0.1) is 0 Å². The molecule has 0 saturated carbocycles. The molecule has 0 aromatic carbocycles. The van der Waals surface area contributed by atoms with Crippen LogP contribution in [0.1, 0.15) is 0 Å². The van der Waals surface area contributed by atoms with Crippen molar-refractivity contribution in [2.75, 3.05) is 27.7 Å². The molecule has 6 heteroatoms. The lowest BCUT2D eigenvalue weighted by molar-refractivity contribution is -0.142. The van der Waals surface area contributed by atoms with E-state index in [1.54, 1.807) is 0 Å². The molecule has 1 atom stereocenters. The molecule has 0 rings (SSSR count). The second-order valence-corrected chi connectivity index (χ2v) is 2.39. The minimum atomic E-state index is -0.528. The summed E-state index contributed by atoms with van der Waals surface area (Å²) in [7, 11) is 5.03. The number of nitrogens with zero attached hydrogens (tertiary/aromatic N) is 1. The van der Waals surface area contributed by atoms with E-state index >= 15 is 0 Å². The molecule has 0 aliphatic rings. The van der Waals surface area contributed by atoms with Gasteiger partial charge in [0.05, 0.1) is 7.11 Å². The van der Waals surface area contributed by atoms with Gasteiger partial charge in [-0.1, -0.05) is 0 Å². The summed E-state index contributed by atoms with van der Waals surface area (Å²) in [6.07, 6.45) is 0. The third kappa shape index (κ3) is 8.07. The molecule has 0 aromatic heterocycles. The van der Waals surface area contributed by atoms with Crippen LogP contribution in [-0.2, 0) is 9.53 Å². The standard InChI is InChI=1S/C6H14N2O2.2ClH/c1-8(2)4-5(7)6(9)10-3;;/h5H,4,7H2,1-3H3;2*1H. The van der Waals surface area contributed by atoms with Gasteiger partial charge in [0, 0.05) is 6.54 Å². The van der Waals surface area contributed by atoms with Crippen molar-refractivity contribution in [2.24, 2.45) is 5.73 Å². The molecule has 0 aliphatic carbocycles. The van der Waals surface area contributed by atoms with Gasteiger partial charge in [0.15, 0.2) is 0 Å². The van der Waals surface area contributed by atoms with Crippen LogP contribution in [0.5, 0.6) is 0 Å². The van der Waals surface area contributed by atoms with Crippen LogP contribution >= 0.6 is 24.8 Å². The van der Waals surface area contributed by atoms with E-state index in [1.165, 1.54) is 7.11 Å². The number of hydrogen-bond acceptors (Lipinski definition) is 4. The van der Waals surface area contributed by atoms with Gasteiger partial charge in [0.2, 0.25) is 0 Å². The molecule has 1 unspecified atom stereocenters. The van der Waals surface area contributed by atoms with E-state index in [-0.39, 0.29) is 30.8 Å². The third-order valence-electron chi connectivity index (χ3n) is 1.07. The highest BCUT2D eigenvalue weighted by Crippen LogP contribution is 1.85. The zero-order chi connectivity index (χ0) is 8.15. The van der Waals surface area contributed by atoms with Gasteiger partial charge >= 0.3 is 5.97 Å². The Morgan fingerprint density at radius 2 is 1.92 bits per heavy atom. The number of carbonyl (C=O) groups excluding carboxylic acids is 1. The van der Waals surface area contributed by atoms with Crippen molar-refractivity contribution in [3.63, 3.8) is 0 Å². The van der Waals surface area contributed by atoms with E-state index in [4.69, 9.17) is 5.73 Å². The Labute approximate surface area is 85.2 Å². The average molecular weight is 219 g/mol. The monoisotopic (exact) mass is 218 g/mol. The summed E-state index contributed by atoms with van der Waals surface area (Å²) in [5.41, 5.74) is 5.41. The lowest BCUT2D eigenvalue weighted by Gasteiger charge is -2.13. The van der Waals surface area contributed by atoms with Crippen LogP contribution in [0.2, 0.25) is 0 Å². The van der Waals surface area contributed by atoms with E-state index in [2.05, 4.69) is 4.74 Å². The van der Waals surface area contributed by atoms with Crippen LogP contribution in [0.4, 0.5) is 0 Å². The maximum absolute atomic E-state index is 10.7. The van der Waals surface area contributed by atoms with Crippen molar-refractivity contribution < 1.29 is 9.53 Å². The van der Waals surface area contributed by atoms with Crippen molar-refractivity contribution in [1.82, 2.24) is 4.90 Å². The van der Waals surface area contributed by atoms with E-state index in [0.717, 1.165) is 0 Å². The first-order valence-electron chi connectivity index (χ1n) is 3.06. The Hall–Kier alpha value is -0.0300. The third-order valence-corrected chi connectivity index (χ3v) is 1.07. The Morgan fingerprint density at radius 1 is 1.50 bits per heavy atom. The molecule has 76 valence electrons. The minimum absolute atomic E-state index is 0. The van der Waals surface area contributed by atoms with Crippen molar-refractivity contribution in [3.05, 3.63) is 0 Å². The lowest BCUT2D eigenvalue weighted by atomic mass is 10.3. The number of nitrogens with two attached hydrogens (primary N) is 1. The fraction of sp³-hybridized carbons (Fsp3) is 0.833. The number of carbonyl (C=O) groups is 1. The van der Waals surface area contributed by atoms with Crippen molar-refractivity contribution >= 4 is 30.8 Å². The number of halogens is 2. The quantitative estimate of drug-likeness (QED) is 0.673. The molecular formula is C6H16Cl2N2O2. The first-order chi connectivity index (χ1) is 4.57. The molecule has 0 fully saturated rings. The number of rotatable bonds is 3. The normalized spacial score (nSPS) is 11.1. The zero-order valence-electron chi connectivity index (χ0n) is 7.44. The summed E-state index contributed by atoms with van der Waals surface area (Å²) in [6.45, 7) is 0.521. The van der Waals surface area contributed by atoms with Gasteiger partial charge in [0.1, 0.15) is 6.04 Å². The molecule has 0 bridgehead atoms. The van der Waals surface area contributed by atoms with Gasteiger partial charge in [-0.3, -0.25) is 4.79 Å². The molecule has 0 aliphatic heterocycles. The second kappa shape index (κ2) is 9.06. The molecule has 2 N–H and O–H groups in total. The largest absolute Gasteiger partial charge is 0.468 e. The van der Waals surface area contributed by atoms with Crippen molar-refractivity contribution in [3.8, 4) is 0 Å². The van der Waals surface area contributed by atoms with Gasteiger partial charge in [-0.25, -0.2) is 0 Å². The van der Waals surface area contributed by atoms with Crippen LogP contribution < -0.4 is 5.73 Å². The first kappa shape index (κ1) is 17.9. The predicted octanol–water partition coefficient (Wildman–Crippen LogP) is -0.108. The molecule has 0 amide bonds. The van der Waals surface area contributed by atoms with E-state index < -0.39 is 6.04 Å². The van der Waals surface area contributed by atoms with Gasteiger partial charge in [-0.15, -0.1) is 24.8 Å². The average Bonchev–Trinajstić information content (AvgIpc) is 1.85. The van der Waals surface area contributed by atoms with Crippen LogP contribution in [0.25, 0.3) is 0 Å². The van der Waals surface area contributed by atoms with E-state index in [1.807, 2.05) is 19.0 Å². The highest BCUT2D eigenvalue weighted by Gasteiger charge is 2.13. The zero-order valence-corrected chi connectivity index (χ0v) is 9.08. The molecule has 0 saturated heterocycles. The number of likely N-dealkylation sites (N-methyl/N-ethyl adjacent to an activating group) is 1. The smallest absolute Gasteiger partial charge is 0.323 e. The summed E-state index contributed by atoms with van der Waals surface area (Å²) >= 11 is 0. The van der Waals surface area contributed by atoms with Gasteiger partial charge in [-0.2, -0.15) is 0 Å². The number of ether oxygens (including phenoxy) is 1. The Morgan fingerprint density at radius 3 is 2.17 bits per heavy atom. The van der Waals surface area contributed by atoms with Gasteiger partial charge < -0.3 is 15.4 Å². The Bertz CT molecular complexity index is 122. The fourth-order valence-electron chi connectivity index (χ4n) is 0.619. The SMILES string of the molecule is COC(=O)C(N)CN(C)C.Cl.Cl. The van der Waals surface area contributed by atoms with Crippen LogP contribution in [-0.4, -0.2) is 44.7 Å². The summed E-state index contributed by atoms with van der Waals surface area (Å²) in [5, 5.41) is 0. The molecular weight excluding hydrogens is 203 g/mol. The topological polar surface area (TPSA) is 55.6 Å². The summed E-state index contributed by atoms with van der Waals surface area (Å²) in [5.74, 6) is -0.367. The van der Waals surface area contributed by atoms with Gasteiger partial charge in [-0.05, 0) is 14.1 Å². The second-order valence-electron chi connectivity index (χ2n) is 2.39. The van der Waals surface area contributed by atoms with E-state index in [9.17, 15) is 4.79 Å². The fourth-order valence-corrected chi connectivity index (χ4v) is 0.619. The molecule has 0 aromatic rings. The minimum Gasteiger partial charge on any atom is -0.468 e. The maximum Gasteiger partial charge on any atom is 0.323 e. The lowest BCUT2D eigenvalue weighted by Crippen LogP contribution is -2.40. The van der Waals surface area contributed by atoms with Crippen LogP contribution in [0.15, 0.2) is 0 Å². The predicted molar refractivity (Wildman–Crippen MR) is 53.0 cm³/mol. The number of methoxy groups -OCH3 is 1. The molecule has 4 nitrogen and oxygen atoms in total. The summed E-state index contributed by atoms with van der Waals surface area (Å²) < 4.78 is 4.42. The number of esters is 1. The first-order valence-corrected chi connectivity index (χ1v) is 3.06. The maximum atomic E-state index is 10.7. The molecule has 0 radical (unpaired) electrons. The molecule has 0 spiro atoms. The Balaban J connectivity index is -0.000000405. The summed E-state index contributed by atoms with van der Waals surface area (Å²) in [6, 6.07) is -0.528. The highest BCUT2D eigenvalue weighted by atomic mass is 35.5. The Kier molecular flexibility index (Phi) is 13.5. The highest BCUT2D eigenvalue weighted by molar-refractivity contribution is 5.85. The van der Waals surface area contributed by atoms with Crippen molar-refractivity contribution in [1.29, 1.82) is 0 Å². The number of hydrogen-bond donors (Lipinski definition) is 1. The van der Waals surface area contributed by atoms with Crippen LogP contribution in [0.3, 0.4) is 0 Å². The van der Waals surface area contributed by atoms with Gasteiger partial charge in [0.25, 0.3) is 0 Å². The molecule has 0 heterocycles. The molecule has 12 heavy (non-hydrogen) atoms.